The molecule has 0 unspecified atom stereocenters. The Morgan fingerprint density at radius 3 is 2.97 bits per heavy atom. The van der Waals surface area contributed by atoms with Crippen molar-refractivity contribution in [1.82, 2.24) is 25.1 Å². The fraction of sp³-hybridized carbons (Fsp3) is 0.364. The number of hydrogen-bond acceptors (Lipinski definition) is 5. The van der Waals surface area contributed by atoms with Gasteiger partial charge in [0.1, 0.15) is 5.82 Å². The zero-order chi connectivity index (χ0) is 21.1. The Morgan fingerprint density at radius 2 is 2.20 bits per heavy atom. The van der Waals surface area contributed by atoms with Gasteiger partial charge in [0.15, 0.2) is 0 Å². The van der Waals surface area contributed by atoms with Crippen LogP contribution in [0.2, 0.25) is 5.02 Å². The molecule has 1 aromatic carbocycles. The number of carbonyl (C=O) groups excluding carboxylic acids is 1. The van der Waals surface area contributed by atoms with Crippen molar-refractivity contribution in [2.24, 2.45) is 0 Å². The standard InChI is InChI=1S/C22H25ClN6O/c1-14-15(2)27-21(28-20(14)24-9-8-16-12-25-26-13-16)22(30)29-10-4-7-19(29)17-5-3-6-18(23)11-17/h3,5-6,11-13,19H,4,7-10H2,1-2H3,(H,25,26)(H,24,27,28)/t19-/m1/s1. The summed E-state index contributed by atoms with van der Waals surface area (Å²) in [5.74, 6) is 0.796. The highest BCUT2D eigenvalue weighted by atomic mass is 35.5. The fourth-order valence-corrected chi connectivity index (χ4v) is 4.03. The van der Waals surface area contributed by atoms with Crippen LogP contribution in [0.5, 0.6) is 0 Å². The van der Waals surface area contributed by atoms with Gasteiger partial charge in [0.05, 0.1) is 12.2 Å². The first-order chi connectivity index (χ1) is 14.5. The van der Waals surface area contributed by atoms with E-state index >= 15 is 0 Å². The first-order valence-corrected chi connectivity index (χ1v) is 10.5. The summed E-state index contributed by atoms with van der Waals surface area (Å²) >= 11 is 6.17. The van der Waals surface area contributed by atoms with Crippen LogP contribution >= 0.6 is 11.6 Å². The third-order valence-corrected chi connectivity index (χ3v) is 5.82. The lowest BCUT2D eigenvalue weighted by molar-refractivity contribution is 0.0723. The van der Waals surface area contributed by atoms with Crippen LogP contribution in [-0.4, -0.2) is 44.1 Å². The summed E-state index contributed by atoms with van der Waals surface area (Å²) in [6, 6.07) is 7.72. The molecule has 1 amide bonds. The molecule has 2 aromatic heterocycles. The van der Waals surface area contributed by atoms with E-state index in [-0.39, 0.29) is 17.8 Å². The van der Waals surface area contributed by atoms with E-state index in [0.29, 0.717) is 23.9 Å². The normalized spacial score (nSPS) is 16.1. The lowest BCUT2D eigenvalue weighted by atomic mass is 10.0. The van der Waals surface area contributed by atoms with Crippen molar-refractivity contribution in [2.75, 3.05) is 18.4 Å². The van der Waals surface area contributed by atoms with E-state index in [1.807, 2.05) is 49.2 Å². The SMILES string of the molecule is Cc1nc(C(=O)N2CCC[C@@H]2c2cccc(Cl)c2)nc(NCCc2cn[nH]c2)c1C. The van der Waals surface area contributed by atoms with Gasteiger partial charge in [-0.05, 0) is 56.4 Å². The van der Waals surface area contributed by atoms with E-state index in [9.17, 15) is 4.79 Å². The number of aryl methyl sites for hydroxylation is 1. The number of H-pyrrole nitrogens is 1. The topological polar surface area (TPSA) is 86.8 Å². The first-order valence-electron chi connectivity index (χ1n) is 10.2. The Hall–Kier alpha value is -2.93. The molecule has 3 aromatic rings. The molecule has 0 spiro atoms. The van der Waals surface area contributed by atoms with Crippen LogP contribution in [0.15, 0.2) is 36.7 Å². The highest BCUT2D eigenvalue weighted by molar-refractivity contribution is 6.30. The Labute approximate surface area is 180 Å². The van der Waals surface area contributed by atoms with Gasteiger partial charge in [-0.2, -0.15) is 5.10 Å². The summed E-state index contributed by atoms with van der Waals surface area (Å²) in [5, 5.41) is 10.8. The molecule has 156 valence electrons. The minimum absolute atomic E-state index is 0.00101. The van der Waals surface area contributed by atoms with Gasteiger partial charge in [0, 0.05) is 35.6 Å². The molecule has 0 bridgehead atoms. The molecule has 30 heavy (non-hydrogen) atoms. The van der Waals surface area contributed by atoms with Gasteiger partial charge in [-0.15, -0.1) is 0 Å². The lowest BCUT2D eigenvalue weighted by Gasteiger charge is -2.25. The van der Waals surface area contributed by atoms with Gasteiger partial charge in [0.2, 0.25) is 5.82 Å². The van der Waals surface area contributed by atoms with Gasteiger partial charge in [-0.25, -0.2) is 9.97 Å². The number of anilines is 1. The summed E-state index contributed by atoms with van der Waals surface area (Å²) in [7, 11) is 0. The van der Waals surface area contributed by atoms with Crippen LogP contribution in [-0.2, 0) is 6.42 Å². The summed E-state index contributed by atoms with van der Waals surface area (Å²) < 4.78 is 0. The molecule has 4 rings (SSSR count). The summed E-state index contributed by atoms with van der Waals surface area (Å²) in [6.07, 6.45) is 6.34. The highest BCUT2D eigenvalue weighted by Crippen LogP contribution is 2.34. The number of nitrogens with one attached hydrogen (secondary N) is 2. The summed E-state index contributed by atoms with van der Waals surface area (Å²) in [6.45, 7) is 5.26. The smallest absolute Gasteiger partial charge is 0.292 e. The number of benzene rings is 1. The predicted octanol–water partition coefficient (Wildman–Crippen LogP) is 4.10. The molecular weight excluding hydrogens is 400 g/mol. The fourth-order valence-electron chi connectivity index (χ4n) is 3.83. The first kappa shape index (κ1) is 20.3. The molecule has 1 atom stereocenters. The molecule has 2 N–H and O–H groups in total. The highest BCUT2D eigenvalue weighted by Gasteiger charge is 2.32. The van der Waals surface area contributed by atoms with Crippen molar-refractivity contribution >= 4 is 23.3 Å². The number of aromatic nitrogens is 4. The second-order valence-corrected chi connectivity index (χ2v) is 8.04. The molecule has 3 heterocycles. The average Bonchev–Trinajstić information content (AvgIpc) is 3.42. The number of hydrogen-bond donors (Lipinski definition) is 2. The van der Waals surface area contributed by atoms with E-state index in [2.05, 4.69) is 25.5 Å². The number of aromatic amines is 1. The predicted molar refractivity (Wildman–Crippen MR) is 117 cm³/mol. The van der Waals surface area contributed by atoms with Crippen LogP contribution in [0, 0.1) is 13.8 Å². The zero-order valence-electron chi connectivity index (χ0n) is 17.2. The van der Waals surface area contributed by atoms with Crippen molar-refractivity contribution in [3.8, 4) is 0 Å². The maximum Gasteiger partial charge on any atom is 0.292 e. The molecule has 1 fully saturated rings. The molecule has 1 aliphatic rings. The van der Waals surface area contributed by atoms with E-state index in [1.165, 1.54) is 0 Å². The summed E-state index contributed by atoms with van der Waals surface area (Å²) in [5.41, 5.74) is 3.92. The molecule has 8 heteroatoms. The van der Waals surface area contributed by atoms with Crippen molar-refractivity contribution in [1.29, 1.82) is 0 Å². The average molecular weight is 425 g/mol. The Morgan fingerprint density at radius 1 is 1.33 bits per heavy atom. The van der Waals surface area contributed by atoms with Crippen LogP contribution in [0.25, 0.3) is 0 Å². The monoisotopic (exact) mass is 424 g/mol. The van der Waals surface area contributed by atoms with E-state index < -0.39 is 0 Å². The Kier molecular flexibility index (Phi) is 5.99. The second-order valence-electron chi connectivity index (χ2n) is 7.60. The third kappa shape index (κ3) is 4.31. The Balaban J connectivity index is 1.53. The molecule has 1 aliphatic heterocycles. The number of halogens is 1. The number of likely N-dealkylation sites (tertiary alicyclic amines) is 1. The number of carbonyl (C=O) groups is 1. The zero-order valence-corrected chi connectivity index (χ0v) is 17.9. The maximum absolute atomic E-state index is 13.3. The molecule has 1 saturated heterocycles. The number of nitrogens with zero attached hydrogens (tertiary/aromatic N) is 4. The molecule has 0 saturated carbocycles. The van der Waals surface area contributed by atoms with Gasteiger partial charge in [0.25, 0.3) is 5.91 Å². The van der Waals surface area contributed by atoms with Crippen LogP contribution in [0.3, 0.4) is 0 Å². The third-order valence-electron chi connectivity index (χ3n) is 5.59. The summed E-state index contributed by atoms with van der Waals surface area (Å²) in [4.78, 5) is 24.3. The van der Waals surface area contributed by atoms with Crippen molar-refractivity contribution in [3.63, 3.8) is 0 Å². The van der Waals surface area contributed by atoms with Crippen molar-refractivity contribution < 1.29 is 4.79 Å². The largest absolute Gasteiger partial charge is 0.369 e. The van der Waals surface area contributed by atoms with E-state index in [4.69, 9.17) is 11.6 Å². The van der Waals surface area contributed by atoms with E-state index in [0.717, 1.165) is 41.6 Å². The van der Waals surface area contributed by atoms with Crippen LogP contribution < -0.4 is 5.32 Å². The quantitative estimate of drug-likeness (QED) is 0.622. The van der Waals surface area contributed by atoms with E-state index in [1.54, 1.807) is 6.20 Å². The molecule has 0 radical (unpaired) electrons. The van der Waals surface area contributed by atoms with Crippen molar-refractivity contribution in [2.45, 2.75) is 39.2 Å². The molecule has 7 nitrogen and oxygen atoms in total. The minimum atomic E-state index is -0.140. The number of rotatable bonds is 6. The van der Waals surface area contributed by atoms with Gasteiger partial charge < -0.3 is 10.2 Å². The Bertz CT molecular complexity index is 1040. The van der Waals surface area contributed by atoms with Gasteiger partial charge in [-0.1, -0.05) is 23.7 Å². The van der Waals surface area contributed by atoms with Gasteiger partial charge >= 0.3 is 0 Å². The maximum atomic E-state index is 13.3. The van der Waals surface area contributed by atoms with Crippen LogP contribution in [0.4, 0.5) is 5.82 Å². The minimum Gasteiger partial charge on any atom is -0.369 e. The van der Waals surface area contributed by atoms with Crippen LogP contribution in [0.1, 0.15) is 51.9 Å². The molecule has 0 aliphatic carbocycles. The van der Waals surface area contributed by atoms with Gasteiger partial charge in [-0.3, -0.25) is 9.89 Å². The van der Waals surface area contributed by atoms with Crippen molar-refractivity contribution in [3.05, 3.63) is 69.9 Å². The molecular formula is C22H25ClN6O. The second kappa shape index (κ2) is 8.83. The number of amides is 1. The lowest BCUT2D eigenvalue weighted by Crippen LogP contribution is -2.32.